The normalized spacial score (nSPS) is 10.9. The average Bonchev–Trinajstić information content (AvgIpc) is 3.12. The van der Waals surface area contributed by atoms with Crippen LogP contribution in [-0.2, 0) is 17.9 Å². The van der Waals surface area contributed by atoms with Gasteiger partial charge in [-0.05, 0) is 38.5 Å². The summed E-state index contributed by atoms with van der Waals surface area (Å²) in [6.07, 6.45) is 1.24. The molecule has 2 heterocycles. The monoisotopic (exact) mass is 436 g/mol. The van der Waals surface area contributed by atoms with E-state index in [0.717, 1.165) is 11.3 Å². The van der Waals surface area contributed by atoms with Crippen LogP contribution in [0.1, 0.15) is 22.6 Å². The quantitative estimate of drug-likeness (QED) is 0.465. The lowest BCUT2D eigenvalue weighted by atomic mass is 10.2. The average molecular weight is 437 g/mol. The molecule has 1 aromatic carbocycles. The lowest BCUT2D eigenvalue weighted by molar-refractivity contribution is -0.385. The largest absolute Gasteiger partial charge is 0.321 e. The predicted molar refractivity (Wildman–Crippen MR) is 110 cm³/mol. The third kappa shape index (κ3) is 4.57. The zero-order valence-corrected chi connectivity index (χ0v) is 17.5. The van der Waals surface area contributed by atoms with E-state index in [-0.39, 0.29) is 23.8 Å². The fraction of sp³-hybridized carbons (Fsp3) is 0.278. The van der Waals surface area contributed by atoms with E-state index in [1.54, 1.807) is 23.7 Å². The predicted octanol–water partition coefficient (Wildman–Crippen LogP) is 3.91. The molecule has 152 valence electrons. The van der Waals surface area contributed by atoms with Crippen LogP contribution in [0.4, 0.5) is 11.4 Å². The molecule has 0 radical (unpaired) electrons. The van der Waals surface area contributed by atoms with E-state index in [1.807, 2.05) is 13.0 Å². The van der Waals surface area contributed by atoms with Crippen LogP contribution in [0, 0.1) is 30.9 Å². The van der Waals surface area contributed by atoms with Gasteiger partial charge in [-0.25, -0.2) is 0 Å². The lowest BCUT2D eigenvalue weighted by Crippen LogP contribution is -2.20. The molecule has 9 nitrogen and oxygen atoms in total. The molecule has 11 heteroatoms. The summed E-state index contributed by atoms with van der Waals surface area (Å²) in [5, 5.41) is 23.3. The molecule has 0 saturated carbocycles. The van der Waals surface area contributed by atoms with Crippen molar-refractivity contribution in [1.29, 1.82) is 0 Å². The number of halogens is 2. The van der Waals surface area contributed by atoms with Crippen molar-refractivity contribution in [3.05, 3.63) is 67.2 Å². The Balaban J connectivity index is 1.75. The van der Waals surface area contributed by atoms with E-state index >= 15 is 0 Å². The summed E-state index contributed by atoms with van der Waals surface area (Å²) in [6, 6.07) is 5.24. The van der Waals surface area contributed by atoms with Crippen molar-refractivity contribution < 1.29 is 9.72 Å². The van der Waals surface area contributed by atoms with E-state index in [9.17, 15) is 14.9 Å². The first-order valence-electron chi connectivity index (χ1n) is 8.62. The molecule has 0 saturated heterocycles. The molecular formula is C18H18Cl2N6O3. The summed E-state index contributed by atoms with van der Waals surface area (Å²) in [4.78, 5) is 22.8. The Kier molecular flexibility index (Phi) is 5.90. The number of carbonyl (C=O) groups is 1. The molecule has 0 spiro atoms. The van der Waals surface area contributed by atoms with Gasteiger partial charge in [-0.15, -0.1) is 0 Å². The summed E-state index contributed by atoms with van der Waals surface area (Å²) < 4.78 is 2.98. The zero-order chi connectivity index (χ0) is 21.3. The van der Waals surface area contributed by atoms with Crippen molar-refractivity contribution in [2.24, 2.45) is 0 Å². The van der Waals surface area contributed by atoms with Crippen LogP contribution in [0.3, 0.4) is 0 Å². The summed E-state index contributed by atoms with van der Waals surface area (Å²) in [5.41, 5.74) is 2.95. The third-order valence-electron chi connectivity index (χ3n) is 4.40. The van der Waals surface area contributed by atoms with Gasteiger partial charge in [-0.2, -0.15) is 10.2 Å². The maximum Gasteiger partial charge on any atom is 0.309 e. The molecule has 0 fully saturated rings. The Labute approximate surface area is 176 Å². The van der Waals surface area contributed by atoms with Crippen LogP contribution >= 0.6 is 23.2 Å². The number of anilines is 1. The number of nitrogens with zero attached hydrogens (tertiary/aromatic N) is 5. The van der Waals surface area contributed by atoms with Crippen LogP contribution in [0.25, 0.3) is 0 Å². The van der Waals surface area contributed by atoms with E-state index in [1.165, 1.54) is 17.8 Å². The first kappa shape index (κ1) is 20.8. The Bertz CT molecular complexity index is 1110. The summed E-state index contributed by atoms with van der Waals surface area (Å²) in [6.45, 7) is 5.41. The van der Waals surface area contributed by atoms with E-state index in [2.05, 4.69) is 15.5 Å². The first-order valence-corrected chi connectivity index (χ1v) is 9.37. The molecular weight excluding hydrogens is 419 g/mol. The molecule has 0 bridgehead atoms. The van der Waals surface area contributed by atoms with Crippen LogP contribution in [0.5, 0.6) is 0 Å². The van der Waals surface area contributed by atoms with Crippen LogP contribution in [-0.4, -0.2) is 30.4 Å². The Hall–Kier alpha value is -2.91. The molecule has 29 heavy (non-hydrogen) atoms. The standard InChI is InChI=1S/C18H18Cl2N6O3/c1-10-16(26(28)29)8-24(22-10)9-17(27)21-18-11(2)23-25(12(18)3)7-13-4-5-14(19)6-15(13)20/h4-6,8H,7,9H2,1-3H3,(H,21,27). The van der Waals surface area contributed by atoms with E-state index in [4.69, 9.17) is 23.2 Å². The highest BCUT2D eigenvalue weighted by atomic mass is 35.5. The smallest absolute Gasteiger partial charge is 0.309 e. The molecule has 2 aromatic heterocycles. The number of aryl methyl sites for hydroxylation is 2. The Morgan fingerprint density at radius 1 is 1.21 bits per heavy atom. The number of nitro groups is 1. The minimum Gasteiger partial charge on any atom is -0.321 e. The van der Waals surface area contributed by atoms with Gasteiger partial charge >= 0.3 is 5.69 Å². The fourth-order valence-electron chi connectivity index (χ4n) is 2.94. The maximum absolute atomic E-state index is 12.4. The van der Waals surface area contributed by atoms with Gasteiger partial charge in [0.1, 0.15) is 18.4 Å². The number of aromatic nitrogens is 4. The zero-order valence-electron chi connectivity index (χ0n) is 15.9. The number of hydrogen-bond acceptors (Lipinski definition) is 5. The molecule has 0 aliphatic rings. The molecule has 3 rings (SSSR count). The minimum atomic E-state index is -0.531. The van der Waals surface area contributed by atoms with Gasteiger partial charge in [-0.1, -0.05) is 29.3 Å². The Morgan fingerprint density at radius 2 is 1.93 bits per heavy atom. The van der Waals surface area contributed by atoms with Crippen molar-refractivity contribution in [2.45, 2.75) is 33.9 Å². The Morgan fingerprint density at radius 3 is 2.55 bits per heavy atom. The van der Waals surface area contributed by atoms with Gasteiger partial charge < -0.3 is 5.32 Å². The minimum absolute atomic E-state index is 0.127. The van der Waals surface area contributed by atoms with Crippen LogP contribution < -0.4 is 5.32 Å². The van der Waals surface area contributed by atoms with Gasteiger partial charge in [0, 0.05) is 10.0 Å². The van der Waals surface area contributed by atoms with Crippen molar-refractivity contribution >= 4 is 40.5 Å². The van der Waals surface area contributed by atoms with Crippen molar-refractivity contribution in [1.82, 2.24) is 19.6 Å². The van der Waals surface area contributed by atoms with Crippen molar-refractivity contribution in [2.75, 3.05) is 5.32 Å². The molecule has 1 amide bonds. The van der Waals surface area contributed by atoms with Gasteiger partial charge in [0.2, 0.25) is 5.91 Å². The topological polar surface area (TPSA) is 108 Å². The lowest BCUT2D eigenvalue weighted by Gasteiger charge is -2.09. The second kappa shape index (κ2) is 8.22. The SMILES string of the molecule is Cc1nn(CC(=O)Nc2c(C)nn(Cc3ccc(Cl)cc3Cl)c2C)cc1[N+](=O)[O-]. The molecule has 0 atom stereocenters. The summed E-state index contributed by atoms with van der Waals surface area (Å²) >= 11 is 12.2. The third-order valence-corrected chi connectivity index (χ3v) is 4.99. The van der Waals surface area contributed by atoms with Gasteiger partial charge in [0.25, 0.3) is 0 Å². The van der Waals surface area contributed by atoms with E-state index in [0.29, 0.717) is 28.0 Å². The van der Waals surface area contributed by atoms with Gasteiger partial charge in [-0.3, -0.25) is 24.3 Å². The number of benzene rings is 1. The van der Waals surface area contributed by atoms with Crippen LogP contribution in [0.2, 0.25) is 10.0 Å². The van der Waals surface area contributed by atoms with Crippen molar-refractivity contribution in [3.8, 4) is 0 Å². The highest BCUT2D eigenvalue weighted by Gasteiger charge is 2.19. The summed E-state index contributed by atoms with van der Waals surface area (Å²) in [5.74, 6) is -0.363. The molecule has 3 aromatic rings. The highest BCUT2D eigenvalue weighted by Crippen LogP contribution is 2.25. The fourth-order valence-corrected chi connectivity index (χ4v) is 3.40. The maximum atomic E-state index is 12.4. The van der Waals surface area contributed by atoms with Crippen LogP contribution in [0.15, 0.2) is 24.4 Å². The number of amides is 1. The molecule has 0 unspecified atom stereocenters. The van der Waals surface area contributed by atoms with Gasteiger partial charge in [0.15, 0.2) is 0 Å². The number of carbonyl (C=O) groups excluding carboxylic acids is 1. The van der Waals surface area contributed by atoms with E-state index < -0.39 is 4.92 Å². The highest BCUT2D eigenvalue weighted by molar-refractivity contribution is 6.35. The molecule has 0 aliphatic heterocycles. The number of nitrogens with one attached hydrogen (secondary N) is 1. The summed E-state index contributed by atoms with van der Waals surface area (Å²) in [7, 11) is 0. The number of rotatable bonds is 6. The second-order valence-corrected chi connectivity index (χ2v) is 7.39. The molecule has 1 N–H and O–H groups in total. The first-order chi connectivity index (χ1) is 13.7. The number of hydrogen-bond donors (Lipinski definition) is 1. The van der Waals surface area contributed by atoms with Gasteiger partial charge in [0.05, 0.1) is 28.5 Å². The molecule has 0 aliphatic carbocycles. The van der Waals surface area contributed by atoms with Crippen molar-refractivity contribution in [3.63, 3.8) is 0 Å². The second-order valence-electron chi connectivity index (χ2n) is 6.54.